The van der Waals surface area contributed by atoms with Crippen LogP contribution in [0.1, 0.15) is 22.1 Å². The third kappa shape index (κ3) is 3.60. The highest BCUT2D eigenvalue weighted by Gasteiger charge is 2.31. The van der Waals surface area contributed by atoms with E-state index in [1.54, 1.807) is 23.7 Å². The molecule has 4 aromatic rings. The first-order chi connectivity index (χ1) is 14.4. The maximum atomic E-state index is 11.7. The first-order valence-electron chi connectivity index (χ1n) is 9.11. The maximum absolute atomic E-state index is 11.7. The Bertz CT molecular complexity index is 1340. The van der Waals surface area contributed by atoms with Crippen LogP contribution in [-0.4, -0.2) is 8.42 Å². The molecule has 2 aromatic heterocycles. The third-order valence-corrected chi connectivity index (χ3v) is 7.35. The molecule has 1 unspecified atom stereocenters. The van der Waals surface area contributed by atoms with Gasteiger partial charge in [0.25, 0.3) is 0 Å². The van der Waals surface area contributed by atoms with E-state index in [4.69, 9.17) is 14.3 Å². The highest BCUT2D eigenvalue weighted by molar-refractivity contribution is 9.11. The highest BCUT2D eigenvalue weighted by Crippen LogP contribution is 2.50. The van der Waals surface area contributed by atoms with Crippen molar-refractivity contribution in [3.63, 3.8) is 0 Å². The molecule has 1 aliphatic rings. The second-order valence-electron chi connectivity index (χ2n) is 7.02. The van der Waals surface area contributed by atoms with Gasteiger partial charge in [0.15, 0.2) is 6.10 Å². The number of furan rings is 1. The van der Waals surface area contributed by atoms with E-state index < -0.39 is 10.0 Å². The molecule has 1 atom stereocenters. The SMILES string of the molecule is NS(=O)(=O)Cc1ccc2c(c1)C(c1ccc(Br)s1)Oc1cccc(-c3ccco3)c1-2. The van der Waals surface area contributed by atoms with Crippen molar-refractivity contribution in [3.8, 4) is 28.2 Å². The van der Waals surface area contributed by atoms with E-state index in [9.17, 15) is 8.42 Å². The van der Waals surface area contributed by atoms with Crippen LogP contribution in [-0.2, 0) is 15.8 Å². The number of sulfonamides is 1. The molecule has 2 aromatic carbocycles. The van der Waals surface area contributed by atoms with E-state index in [1.165, 1.54) is 0 Å². The van der Waals surface area contributed by atoms with Crippen molar-refractivity contribution in [1.29, 1.82) is 0 Å². The summed E-state index contributed by atoms with van der Waals surface area (Å²) in [5.41, 5.74) is 4.35. The summed E-state index contributed by atoms with van der Waals surface area (Å²) in [4.78, 5) is 1.02. The molecule has 0 spiro atoms. The zero-order chi connectivity index (χ0) is 20.9. The quantitative estimate of drug-likeness (QED) is 0.388. The number of rotatable bonds is 4. The fraction of sp³-hybridized carbons (Fsp3) is 0.0909. The molecule has 152 valence electrons. The predicted molar refractivity (Wildman–Crippen MR) is 121 cm³/mol. The summed E-state index contributed by atoms with van der Waals surface area (Å²) in [6.07, 6.45) is 1.29. The van der Waals surface area contributed by atoms with Crippen molar-refractivity contribution in [1.82, 2.24) is 0 Å². The van der Waals surface area contributed by atoms with Gasteiger partial charge in [0.2, 0.25) is 10.0 Å². The van der Waals surface area contributed by atoms with Crippen molar-refractivity contribution >= 4 is 37.3 Å². The van der Waals surface area contributed by atoms with Crippen molar-refractivity contribution in [2.75, 3.05) is 0 Å². The van der Waals surface area contributed by atoms with E-state index in [-0.39, 0.29) is 11.9 Å². The molecule has 3 heterocycles. The lowest BCUT2D eigenvalue weighted by atomic mass is 9.87. The van der Waals surface area contributed by atoms with Gasteiger partial charge in [-0.15, -0.1) is 11.3 Å². The summed E-state index contributed by atoms with van der Waals surface area (Å²) >= 11 is 5.10. The number of thiophene rings is 1. The second-order valence-corrected chi connectivity index (χ2v) is 11.1. The molecule has 0 saturated carbocycles. The Hall–Kier alpha value is -2.39. The zero-order valence-electron chi connectivity index (χ0n) is 15.5. The highest BCUT2D eigenvalue weighted by atomic mass is 79.9. The van der Waals surface area contributed by atoms with Gasteiger partial charge in [-0.05, 0) is 57.4 Å². The van der Waals surface area contributed by atoms with Crippen LogP contribution in [0.4, 0.5) is 0 Å². The van der Waals surface area contributed by atoms with Crippen LogP contribution in [0.2, 0.25) is 0 Å². The second kappa shape index (κ2) is 7.39. The molecule has 0 saturated heterocycles. The lowest BCUT2D eigenvalue weighted by Crippen LogP contribution is -2.17. The largest absolute Gasteiger partial charge is 0.479 e. The van der Waals surface area contributed by atoms with Gasteiger partial charge >= 0.3 is 0 Å². The Morgan fingerprint density at radius 2 is 1.90 bits per heavy atom. The minimum absolute atomic E-state index is 0.228. The molecule has 8 heteroatoms. The number of hydrogen-bond donors (Lipinski definition) is 1. The van der Waals surface area contributed by atoms with Crippen LogP contribution in [0.15, 0.2) is 75.1 Å². The van der Waals surface area contributed by atoms with Crippen molar-refractivity contribution < 1.29 is 17.6 Å². The fourth-order valence-electron chi connectivity index (χ4n) is 3.79. The third-order valence-electron chi connectivity index (χ3n) is 4.95. The minimum Gasteiger partial charge on any atom is -0.479 e. The lowest BCUT2D eigenvalue weighted by molar-refractivity contribution is 0.247. The van der Waals surface area contributed by atoms with Gasteiger partial charge in [0.05, 0.1) is 20.7 Å². The minimum atomic E-state index is -3.65. The summed E-state index contributed by atoms with van der Waals surface area (Å²) in [5, 5.41) is 5.28. The average molecular weight is 502 g/mol. The Labute approximate surface area is 186 Å². The van der Waals surface area contributed by atoms with Gasteiger partial charge < -0.3 is 9.15 Å². The number of ether oxygens (including phenoxy) is 1. The lowest BCUT2D eigenvalue weighted by Gasteiger charge is -2.30. The predicted octanol–water partition coefficient (Wildman–Crippen LogP) is 5.71. The summed E-state index contributed by atoms with van der Waals surface area (Å²) in [6.45, 7) is 0. The Morgan fingerprint density at radius 1 is 1.03 bits per heavy atom. The molecule has 5 nitrogen and oxygen atoms in total. The van der Waals surface area contributed by atoms with E-state index >= 15 is 0 Å². The number of halogens is 1. The Kier molecular flexibility index (Phi) is 4.82. The molecule has 2 N–H and O–H groups in total. The summed E-state index contributed by atoms with van der Waals surface area (Å²) in [6, 6.07) is 19.2. The van der Waals surface area contributed by atoms with Crippen molar-refractivity contribution in [3.05, 3.63) is 86.7 Å². The fourth-order valence-corrected chi connectivity index (χ4v) is 5.91. The Balaban J connectivity index is 1.73. The van der Waals surface area contributed by atoms with Crippen molar-refractivity contribution in [2.45, 2.75) is 11.9 Å². The van der Waals surface area contributed by atoms with Crippen LogP contribution in [0, 0.1) is 0 Å². The summed E-state index contributed by atoms with van der Waals surface area (Å²) < 4.78 is 36.4. The molecule has 0 radical (unpaired) electrons. The summed E-state index contributed by atoms with van der Waals surface area (Å²) in [5.74, 6) is 1.27. The smallest absolute Gasteiger partial charge is 0.213 e. The van der Waals surface area contributed by atoms with Crippen LogP contribution < -0.4 is 9.88 Å². The van der Waals surface area contributed by atoms with E-state index in [0.29, 0.717) is 5.56 Å². The van der Waals surface area contributed by atoms with E-state index in [0.717, 1.165) is 42.4 Å². The number of fused-ring (bicyclic) bond motifs is 3. The Morgan fingerprint density at radius 3 is 2.60 bits per heavy atom. The average Bonchev–Trinajstić information content (AvgIpc) is 3.37. The van der Waals surface area contributed by atoms with Crippen LogP contribution in [0.3, 0.4) is 0 Å². The molecular formula is C22H16BrNO4S2. The molecule has 5 rings (SSSR count). The molecule has 0 fully saturated rings. The monoisotopic (exact) mass is 501 g/mol. The number of hydrogen-bond acceptors (Lipinski definition) is 5. The van der Waals surface area contributed by atoms with Crippen LogP contribution >= 0.6 is 27.3 Å². The number of nitrogens with two attached hydrogens (primary N) is 1. The number of primary sulfonamides is 1. The molecular weight excluding hydrogens is 486 g/mol. The van der Waals surface area contributed by atoms with E-state index in [1.807, 2.05) is 54.6 Å². The maximum Gasteiger partial charge on any atom is 0.213 e. The molecule has 0 aliphatic carbocycles. The first-order valence-corrected chi connectivity index (χ1v) is 12.4. The van der Waals surface area contributed by atoms with Gasteiger partial charge in [-0.2, -0.15) is 0 Å². The molecule has 1 aliphatic heterocycles. The molecule has 30 heavy (non-hydrogen) atoms. The van der Waals surface area contributed by atoms with Gasteiger partial charge in [0, 0.05) is 16.7 Å². The molecule has 0 bridgehead atoms. The standard InChI is InChI=1S/C22H16BrNO4S2/c23-20-9-8-19(29-20)22-16-11-13(12-30(24,25)26)6-7-14(16)21-15(17-5-2-10-27-17)3-1-4-18(21)28-22/h1-11,22H,12H2,(H2,24,25,26). The van der Waals surface area contributed by atoms with Gasteiger partial charge in [-0.1, -0.05) is 30.3 Å². The van der Waals surface area contributed by atoms with Crippen LogP contribution in [0.5, 0.6) is 5.75 Å². The van der Waals surface area contributed by atoms with Gasteiger partial charge in [-0.25, -0.2) is 13.6 Å². The van der Waals surface area contributed by atoms with E-state index in [2.05, 4.69) is 15.9 Å². The van der Waals surface area contributed by atoms with Gasteiger partial charge in [0.1, 0.15) is 11.5 Å². The van der Waals surface area contributed by atoms with Crippen LogP contribution in [0.25, 0.3) is 22.5 Å². The zero-order valence-corrected chi connectivity index (χ0v) is 18.8. The van der Waals surface area contributed by atoms with Gasteiger partial charge in [-0.3, -0.25) is 0 Å². The number of benzene rings is 2. The molecule has 0 amide bonds. The summed E-state index contributed by atoms with van der Waals surface area (Å²) in [7, 11) is -3.65. The van der Waals surface area contributed by atoms with Crippen molar-refractivity contribution in [2.24, 2.45) is 5.14 Å². The topological polar surface area (TPSA) is 82.5 Å². The normalized spacial score (nSPS) is 15.3. The first kappa shape index (κ1) is 19.6.